The Morgan fingerprint density at radius 1 is 1.11 bits per heavy atom. The molecule has 0 saturated carbocycles. The minimum absolute atomic E-state index is 0.0383. The summed E-state index contributed by atoms with van der Waals surface area (Å²) in [6.45, 7) is 3.20. The number of hydrogen-bond acceptors (Lipinski definition) is 7. The van der Waals surface area contributed by atoms with Gasteiger partial charge in [-0.2, -0.15) is 0 Å². The molecule has 0 unspecified atom stereocenters. The van der Waals surface area contributed by atoms with Crippen molar-refractivity contribution in [3.05, 3.63) is 64.9 Å². The second-order valence-corrected chi connectivity index (χ2v) is 9.23. The largest absolute Gasteiger partial charge is 0.493 e. The fourth-order valence-corrected chi connectivity index (χ4v) is 4.62. The molecule has 35 heavy (non-hydrogen) atoms. The van der Waals surface area contributed by atoms with Crippen LogP contribution in [0.15, 0.2) is 48.8 Å². The number of rotatable bonds is 10. The molecule has 1 aromatic heterocycles. The van der Waals surface area contributed by atoms with Gasteiger partial charge in [0.1, 0.15) is 6.33 Å². The van der Waals surface area contributed by atoms with Gasteiger partial charge in [0.2, 0.25) is 5.91 Å². The molecule has 4 rings (SSSR count). The molecular formula is C25H31ClN6O3. The minimum atomic E-state index is -0.0547. The van der Waals surface area contributed by atoms with Crippen LogP contribution >= 0.6 is 11.6 Å². The van der Waals surface area contributed by atoms with E-state index in [4.69, 9.17) is 21.1 Å². The first kappa shape index (κ1) is 24.9. The predicted molar refractivity (Wildman–Crippen MR) is 133 cm³/mol. The maximum atomic E-state index is 13.0. The molecule has 1 atom stereocenters. The number of carbonyl (C=O) groups excluding carboxylic acids is 1. The highest BCUT2D eigenvalue weighted by molar-refractivity contribution is 6.30. The van der Waals surface area contributed by atoms with Gasteiger partial charge in [-0.05, 0) is 58.7 Å². The van der Waals surface area contributed by atoms with Crippen LogP contribution in [0.2, 0.25) is 5.02 Å². The standard InChI is InChI=1S/C25H31ClN6O3/c1-34-23-8-3-18(13-24(23)35-2)15-31-11-9-22(10-12-31)28-25(33)14-20(16-32-17-27-29-30-32)19-4-6-21(26)7-5-19/h3-8,13,17,20,22H,9-12,14-16H2,1-2H3,(H,28,33)/t20-/m0/s1. The summed E-state index contributed by atoms with van der Waals surface area (Å²) in [5.74, 6) is 1.45. The van der Waals surface area contributed by atoms with Crippen molar-refractivity contribution in [2.45, 2.75) is 44.3 Å². The number of nitrogens with zero attached hydrogens (tertiary/aromatic N) is 5. The van der Waals surface area contributed by atoms with Crippen LogP contribution in [-0.2, 0) is 17.9 Å². The van der Waals surface area contributed by atoms with E-state index in [0.717, 1.165) is 49.5 Å². The third-order valence-electron chi connectivity index (χ3n) is 6.38. The maximum Gasteiger partial charge on any atom is 0.220 e. The Morgan fingerprint density at radius 2 is 1.86 bits per heavy atom. The van der Waals surface area contributed by atoms with Crippen molar-refractivity contribution >= 4 is 17.5 Å². The summed E-state index contributed by atoms with van der Waals surface area (Å²) in [6.07, 6.45) is 3.75. The zero-order valence-corrected chi connectivity index (χ0v) is 20.8. The molecule has 1 saturated heterocycles. The Labute approximate surface area is 210 Å². The number of ether oxygens (including phenoxy) is 2. The van der Waals surface area contributed by atoms with Gasteiger partial charge in [-0.25, -0.2) is 4.68 Å². The van der Waals surface area contributed by atoms with Crippen LogP contribution in [0.1, 0.15) is 36.3 Å². The lowest BCUT2D eigenvalue weighted by atomic mass is 9.94. The molecule has 1 aliphatic heterocycles. The Balaban J connectivity index is 1.29. The van der Waals surface area contributed by atoms with E-state index in [1.807, 2.05) is 36.4 Å². The second kappa shape index (κ2) is 12.0. The maximum absolute atomic E-state index is 13.0. The molecular weight excluding hydrogens is 468 g/mol. The van der Waals surface area contributed by atoms with E-state index >= 15 is 0 Å². The summed E-state index contributed by atoms with van der Waals surface area (Å²) < 4.78 is 12.4. The topological polar surface area (TPSA) is 94.4 Å². The van der Waals surface area contributed by atoms with E-state index < -0.39 is 0 Å². The van der Waals surface area contributed by atoms with Gasteiger partial charge >= 0.3 is 0 Å². The van der Waals surface area contributed by atoms with Crippen LogP contribution in [0.4, 0.5) is 0 Å². The SMILES string of the molecule is COc1ccc(CN2CCC(NC(=O)C[C@@H](Cn3cnnn3)c3ccc(Cl)cc3)CC2)cc1OC. The molecule has 186 valence electrons. The van der Waals surface area contributed by atoms with E-state index in [1.165, 1.54) is 5.56 Å². The molecule has 0 spiro atoms. The van der Waals surface area contributed by atoms with Crippen LogP contribution in [0.3, 0.4) is 0 Å². The Morgan fingerprint density at radius 3 is 2.51 bits per heavy atom. The summed E-state index contributed by atoms with van der Waals surface area (Å²) in [4.78, 5) is 15.4. The van der Waals surface area contributed by atoms with E-state index in [-0.39, 0.29) is 17.9 Å². The monoisotopic (exact) mass is 498 g/mol. The average molecular weight is 499 g/mol. The van der Waals surface area contributed by atoms with Crippen molar-refractivity contribution in [2.24, 2.45) is 0 Å². The van der Waals surface area contributed by atoms with E-state index in [1.54, 1.807) is 25.2 Å². The smallest absolute Gasteiger partial charge is 0.220 e. The quantitative estimate of drug-likeness (QED) is 0.458. The number of nitrogens with one attached hydrogen (secondary N) is 1. The lowest BCUT2D eigenvalue weighted by molar-refractivity contribution is -0.122. The summed E-state index contributed by atoms with van der Waals surface area (Å²) in [5, 5.41) is 15.3. The van der Waals surface area contributed by atoms with Crippen molar-refractivity contribution in [1.82, 2.24) is 30.4 Å². The first-order chi connectivity index (χ1) is 17.0. The number of piperidine rings is 1. The van der Waals surface area contributed by atoms with Crippen molar-refractivity contribution in [1.29, 1.82) is 0 Å². The number of halogens is 1. The van der Waals surface area contributed by atoms with Gasteiger partial charge in [-0.15, -0.1) is 5.10 Å². The average Bonchev–Trinajstić information content (AvgIpc) is 3.38. The van der Waals surface area contributed by atoms with Crippen LogP contribution in [0.25, 0.3) is 0 Å². The van der Waals surface area contributed by atoms with Crippen LogP contribution in [0.5, 0.6) is 11.5 Å². The molecule has 1 aliphatic rings. The van der Waals surface area contributed by atoms with Crippen molar-refractivity contribution in [3.8, 4) is 11.5 Å². The molecule has 10 heteroatoms. The number of tetrazole rings is 1. The number of aromatic nitrogens is 4. The number of benzene rings is 2. The molecule has 2 aromatic carbocycles. The third kappa shape index (κ3) is 6.93. The Hall–Kier alpha value is -3.17. The molecule has 1 fully saturated rings. The van der Waals surface area contributed by atoms with E-state index in [9.17, 15) is 4.79 Å². The fraction of sp³-hybridized carbons (Fsp3) is 0.440. The molecule has 0 bridgehead atoms. The normalized spacial score (nSPS) is 15.5. The molecule has 0 radical (unpaired) electrons. The molecule has 9 nitrogen and oxygen atoms in total. The first-order valence-electron chi connectivity index (χ1n) is 11.7. The van der Waals surface area contributed by atoms with Gasteiger partial charge < -0.3 is 14.8 Å². The van der Waals surface area contributed by atoms with Crippen LogP contribution < -0.4 is 14.8 Å². The number of likely N-dealkylation sites (tertiary alicyclic amines) is 1. The highest BCUT2D eigenvalue weighted by atomic mass is 35.5. The second-order valence-electron chi connectivity index (χ2n) is 8.79. The Bertz CT molecular complexity index is 1090. The third-order valence-corrected chi connectivity index (χ3v) is 6.63. The lowest BCUT2D eigenvalue weighted by Crippen LogP contribution is -2.44. The van der Waals surface area contributed by atoms with Gasteiger partial charge in [0, 0.05) is 43.0 Å². The predicted octanol–water partition coefficient (Wildman–Crippen LogP) is 3.30. The zero-order valence-electron chi connectivity index (χ0n) is 20.1. The van der Waals surface area contributed by atoms with Gasteiger partial charge in [0.05, 0.1) is 20.8 Å². The number of amides is 1. The molecule has 2 heterocycles. The van der Waals surface area contributed by atoms with Crippen LogP contribution in [0, 0.1) is 0 Å². The summed E-state index contributed by atoms with van der Waals surface area (Å²) in [7, 11) is 3.29. The number of hydrogen-bond donors (Lipinski definition) is 1. The van der Waals surface area contributed by atoms with Gasteiger partial charge in [0.15, 0.2) is 11.5 Å². The highest BCUT2D eigenvalue weighted by Crippen LogP contribution is 2.28. The van der Waals surface area contributed by atoms with Crippen LogP contribution in [-0.4, -0.2) is 64.4 Å². The number of carbonyl (C=O) groups is 1. The summed E-state index contributed by atoms with van der Waals surface area (Å²) >= 11 is 6.05. The minimum Gasteiger partial charge on any atom is -0.493 e. The van der Waals surface area contributed by atoms with Crippen molar-refractivity contribution in [3.63, 3.8) is 0 Å². The lowest BCUT2D eigenvalue weighted by Gasteiger charge is -2.32. The van der Waals surface area contributed by atoms with Crippen molar-refractivity contribution in [2.75, 3.05) is 27.3 Å². The number of methoxy groups -OCH3 is 2. The van der Waals surface area contributed by atoms with E-state index in [0.29, 0.717) is 18.0 Å². The summed E-state index contributed by atoms with van der Waals surface area (Å²) in [5.41, 5.74) is 2.21. The highest BCUT2D eigenvalue weighted by Gasteiger charge is 2.23. The molecule has 3 aromatic rings. The zero-order chi connectivity index (χ0) is 24.6. The van der Waals surface area contributed by atoms with Crippen molar-refractivity contribution < 1.29 is 14.3 Å². The Kier molecular flexibility index (Phi) is 8.54. The molecule has 1 amide bonds. The van der Waals surface area contributed by atoms with Gasteiger partial charge in [-0.3, -0.25) is 9.69 Å². The summed E-state index contributed by atoms with van der Waals surface area (Å²) in [6, 6.07) is 13.8. The fourth-order valence-electron chi connectivity index (χ4n) is 4.50. The molecule has 1 N–H and O–H groups in total. The van der Waals surface area contributed by atoms with Gasteiger partial charge in [-0.1, -0.05) is 29.8 Å². The first-order valence-corrected chi connectivity index (χ1v) is 12.1. The van der Waals surface area contributed by atoms with Gasteiger partial charge in [0.25, 0.3) is 0 Å². The van der Waals surface area contributed by atoms with E-state index in [2.05, 4.69) is 31.8 Å². The molecule has 0 aliphatic carbocycles.